The topological polar surface area (TPSA) is 78.5 Å². The van der Waals surface area contributed by atoms with Gasteiger partial charge in [-0.2, -0.15) is 0 Å². The Morgan fingerprint density at radius 3 is 2.39 bits per heavy atom. The highest BCUT2D eigenvalue weighted by molar-refractivity contribution is 6.38. The molecule has 0 bridgehead atoms. The van der Waals surface area contributed by atoms with Crippen molar-refractivity contribution in [2.45, 2.75) is 51.5 Å². The first-order valence-corrected chi connectivity index (χ1v) is 10.5. The Morgan fingerprint density at radius 2 is 1.79 bits per heavy atom. The van der Waals surface area contributed by atoms with Gasteiger partial charge in [0.25, 0.3) is 5.91 Å². The lowest BCUT2D eigenvalue weighted by molar-refractivity contribution is -0.133. The molecule has 0 aromatic heterocycles. The first-order valence-electron chi connectivity index (χ1n) is 9.77. The fourth-order valence-corrected chi connectivity index (χ4v) is 3.95. The van der Waals surface area contributed by atoms with E-state index in [1.807, 2.05) is 11.8 Å². The molecular weight excluding hydrogens is 401 g/mol. The summed E-state index contributed by atoms with van der Waals surface area (Å²) < 4.78 is 0. The molecule has 2 N–H and O–H groups in total. The van der Waals surface area contributed by atoms with Gasteiger partial charge in [0.15, 0.2) is 0 Å². The fraction of sp³-hybridized carbons (Fsp3) is 0.550. The van der Waals surface area contributed by atoms with Gasteiger partial charge in [-0.1, -0.05) is 30.1 Å². The van der Waals surface area contributed by atoms with Gasteiger partial charge in [-0.25, -0.2) is 0 Å². The lowest BCUT2D eigenvalue weighted by atomic mass is 10.0. The smallest absolute Gasteiger partial charge is 0.253 e. The molecule has 0 spiro atoms. The first kappa shape index (κ1) is 20.9. The molecule has 3 amide bonds. The number of anilines is 1. The van der Waals surface area contributed by atoms with Gasteiger partial charge in [-0.05, 0) is 44.2 Å². The van der Waals surface area contributed by atoms with Crippen LogP contribution in [-0.2, 0) is 9.59 Å². The van der Waals surface area contributed by atoms with Crippen LogP contribution in [0.15, 0.2) is 12.1 Å². The van der Waals surface area contributed by atoms with E-state index in [4.69, 9.17) is 23.2 Å². The molecule has 1 heterocycles. The predicted octanol–water partition coefficient (Wildman–Crippen LogP) is 3.86. The number of carbonyl (C=O) groups is 3. The Labute approximate surface area is 174 Å². The summed E-state index contributed by atoms with van der Waals surface area (Å²) in [5.41, 5.74) is 0.529. The zero-order valence-electron chi connectivity index (χ0n) is 15.9. The maximum absolute atomic E-state index is 12.9. The van der Waals surface area contributed by atoms with Crippen molar-refractivity contribution in [2.75, 3.05) is 18.4 Å². The largest absolute Gasteiger partial charge is 0.349 e. The van der Waals surface area contributed by atoms with Crippen LogP contribution in [0.4, 0.5) is 5.69 Å². The van der Waals surface area contributed by atoms with Crippen LogP contribution in [0.1, 0.15) is 55.8 Å². The fourth-order valence-electron chi connectivity index (χ4n) is 3.40. The van der Waals surface area contributed by atoms with Crippen molar-refractivity contribution in [1.82, 2.24) is 10.2 Å². The average Bonchev–Trinajstić information content (AvgIpc) is 3.49. The lowest BCUT2D eigenvalue weighted by Crippen LogP contribution is -2.47. The summed E-state index contributed by atoms with van der Waals surface area (Å²) in [6.45, 7) is 3.20. The van der Waals surface area contributed by atoms with Gasteiger partial charge in [-0.3, -0.25) is 14.4 Å². The van der Waals surface area contributed by atoms with Crippen molar-refractivity contribution in [3.63, 3.8) is 0 Å². The number of nitrogens with one attached hydrogen (secondary N) is 2. The summed E-state index contributed by atoms with van der Waals surface area (Å²) in [7, 11) is 0. The van der Waals surface area contributed by atoms with E-state index in [0.717, 1.165) is 12.8 Å². The van der Waals surface area contributed by atoms with Crippen molar-refractivity contribution in [3.8, 4) is 0 Å². The number of rotatable bonds is 6. The van der Waals surface area contributed by atoms with Crippen LogP contribution in [0, 0.1) is 5.92 Å². The third-order valence-corrected chi connectivity index (χ3v) is 5.63. The highest BCUT2D eigenvalue weighted by atomic mass is 35.5. The molecule has 1 saturated carbocycles. The molecule has 0 unspecified atom stereocenters. The third kappa shape index (κ3) is 5.17. The summed E-state index contributed by atoms with van der Waals surface area (Å²) >= 11 is 12.3. The molecule has 1 aliphatic carbocycles. The minimum atomic E-state index is -0.330. The number of piperidine rings is 1. The van der Waals surface area contributed by atoms with E-state index in [1.54, 1.807) is 0 Å². The minimum Gasteiger partial charge on any atom is -0.349 e. The van der Waals surface area contributed by atoms with Crippen LogP contribution in [0.5, 0.6) is 0 Å². The van der Waals surface area contributed by atoms with Crippen molar-refractivity contribution >= 4 is 46.6 Å². The van der Waals surface area contributed by atoms with Crippen LogP contribution < -0.4 is 10.6 Å². The van der Waals surface area contributed by atoms with E-state index in [1.165, 1.54) is 12.1 Å². The maximum atomic E-state index is 12.9. The molecule has 2 aliphatic rings. The summed E-state index contributed by atoms with van der Waals surface area (Å²) in [5.74, 6) is -0.0720. The molecule has 1 aromatic carbocycles. The van der Waals surface area contributed by atoms with Gasteiger partial charge < -0.3 is 15.5 Å². The number of carbonyl (C=O) groups excluding carboxylic acids is 3. The van der Waals surface area contributed by atoms with Gasteiger partial charge >= 0.3 is 0 Å². The Kier molecular flexibility index (Phi) is 6.83. The second-order valence-corrected chi connectivity index (χ2v) is 8.30. The second kappa shape index (κ2) is 9.14. The van der Waals surface area contributed by atoms with Crippen molar-refractivity contribution in [1.29, 1.82) is 0 Å². The van der Waals surface area contributed by atoms with E-state index in [9.17, 15) is 14.4 Å². The Hall–Kier alpha value is -1.79. The Balaban J connectivity index is 1.65. The van der Waals surface area contributed by atoms with Crippen molar-refractivity contribution < 1.29 is 14.4 Å². The second-order valence-electron chi connectivity index (χ2n) is 7.46. The lowest BCUT2D eigenvalue weighted by Gasteiger charge is -2.32. The van der Waals surface area contributed by atoms with Crippen LogP contribution in [0.2, 0.25) is 10.0 Å². The van der Waals surface area contributed by atoms with Crippen molar-refractivity contribution in [3.05, 3.63) is 27.7 Å². The Morgan fingerprint density at radius 1 is 1.11 bits per heavy atom. The third-order valence-electron chi connectivity index (χ3n) is 5.11. The maximum Gasteiger partial charge on any atom is 0.253 e. The van der Waals surface area contributed by atoms with Crippen LogP contribution in [0.3, 0.4) is 0 Å². The molecular formula is C20H25Cl2N3O3. The molecule has 3 rings (SSSR count). The van der Waals surface area contributed by atoms with Gasteiger partial charge in [0.05, 0.1) is 16.3 Å². The zero-order chi connectivity index (χ0) is 20.3. The van der Waals surface area contributed by atoms with Gasteiger partial charge in [-0.15, -0.1) is 0 Å². The summed E-state index contributed by atoms with van der Waals surface area (Å²) in [4.78, 5) is 38.9. The standard InChI is InChI=1S/C20H25Cl2N3O3/c1-2-3-17(26)24-18-15(10-13(21)11-16(18)22)19(27)23-14-6-8-25(9-7-14)20(28)12-4-5-12/h10-12,14H,2-9H2,1H3,(H,23,27)(H,24,26). The normalized spacial score (nSPS) is 17.3. The van der Waals surface area contributed by atoms with Crippen molar-refractivity contribution in [2.24, 2.45) is 5.92 Å². The summed E-state index contributed by atoms with van der Waals surface area (Å²) in [6.07, 6.45) is 4.44. The number of halogens is 2. The number of hydrogen-bond acceptors (Lipinski definition) is 3. The number of amides is 3. The van der Waals surface area contributed by atoms with E-state index >= 15 is 0 Å². The van der Waals surface area contributed by atoms with E-state index in [-0.39, 0.29) is 46.0 Å². The summed E-state index contributed by atoms with van der Waals surface area (Å²) in [6, 6.07) is 2.98. The van der Waals surface area contributed by atoms with Crippen LogP contribution in [-0.4, -0.2) is 41.8 Å². The monoisotopic (exact) mass is 425 g/mol. The van der Waals surface area contributed by atoms with E-state index in [0.29, 0.717) is 43.8 Å². The number of hydrogen-bond donors (Lipinski definition) is 2. The number of likely N-dealkylation sites (tertiary alicyclic amines) is 1. The van der Waals surface area contributed by atoms with Gasteiger partial charge in [0.2, 0.25) is 11.8 Å². The molecule has 1 aromatic rings. The first-order chi connectivity index (χ1) is 13.4. The SMILES string of the molecule is CCCC(=O)Nc1c(Cl)cc(Cl)cc1C(=O)NC1CCN(C(=O)C2CC2)CC1. The number of nitrogens with zero attached hydrogens (tertiary/aromatic N) is 1. The molecule has 28 heavy (non-hydrogen) atoms. The highest BCUT2D eigenvalue weighted by Gasteiger charge is 2.35. The molecule has 0 atom stereocenters. The van der Waals surface area contributed by atoms with Gasteiger partial charge in [0, 0.05) is 36.5 Å². The predicted molar refractivity (Wildman–Crippen MR) is 110 cm³/mol. The van der Waals surface area contributed by atoms with Crippen LogP contribution >= 0.6 is 23.2 Å². The molecule has 6 nitrogen and oxygen atoms in total. The Bertz CT molecular complexity index is 772. The molecule has 1 saturated heterocycles. The summed E-state index contributed by atoms with van der Waals surface area (Å²) in [5, 5.41) is 6.27. The average molecular weight is 426 g/mol. The molecule has 2 fully saturated rings. The molecule has 0 radical (unpaired) electrons. The molecule has 8 heteroatoms. The quantitative estimate of drug-likeness (QED) is 0.725. The number of benzene rings is 1. The minimum absolute atomic E-state index is 0.0345. The molecule has 1 aliphatic heterocycles. The van der Waals surface area contributed by atoms with E-state index < -0.39 is 0 Å². The highest BCUT2D eigenvalue weighted by Crippen LogP contribution is 2.33. The van der Waals surface area contributed by atoms with E-state index in [2.05, 4.69) is 10.6 Å². The molecule has 152 valence electrons. The zero-order valence-corrected chi connectivity index (χ0v) is 17.4. The van der Waals surface area contributed by atoms with Gasteiger partial charge in [0.1, 0.15) is 0 Å². The van der Waals surface area contributed by atoms with Crippen LogP contribution in [0.25, 0.3) is 0 Å².